The molecule has 2 aromatic rings. The van der Waals surface area contributed by atoms with Crippen molar-refractivity contribution in [1.29, 1.82) is 0 Å². The molecule has 6 nitrogen and oxygen atoms in total. The number of halogens is 2. The number of nitrogens with one attached hydrogen (secondary N) is 2. The van der Waals surface area contributed by atoms with Crippen molar-refractivity contribution in [2.45, 2.75) is 4.90 Å². The van der Waals surface area contributed by atoms with Crippen LogP contribution in [0.15, 0.2) is 64.5 Å². The van der Waals surface area contributed by atoms with Gasteiger partial charge in [0.2, 0.25) is 10.0 Å². The van der Waals surface area contributed by atoms with Crippen LogP contribution in [0.2, 0.25) is 5.02 Å². The number of nitrogens with zero attached hydrogens (tertiary/aromatic N) is 1. The van der Waals surface area contributed by atoms with Crippen molar-refractivity contribution in [3.63, 3.8) is 0 Å². The lowest BCUT2D eigenvalue weighted by Crippen LogP contribution is -2.28. The number of para-hydroxylation sites is 1. The third-order valence-corrected chi connectivity index (χ3v) is 4.53. The SMILES string of the molecule is I.NC(=NCCNS(=O)(=O)c1cccc(Cl)c1)Nc1ccccc1. The zero-order chi connectivity index (χ0) is 16.7. The molecule has 0 saturated carbocycles. The lowest BCUT2D eigenvalue weighted by Gasteiger charge is -2.07. The summed E-state index contributed by atoms with van der Waals surface area (Å²) in [6.07, 6.45) is 0. The van der Waals surface area contributed by atoms with E-state index >= 15 is 0 Å². The Bertz CT molecular complexity index is 785. The number of aliphatic imine (C=N–C) groups is 1. The highest BCUT2D eigenvalue weighted by atomic mass is 127. The maximum Gasteiger partial charge on any atom is 0.240 e. The molecular formula is C15H18ClIN4O2S. The molecule has 0 saturated heterocycles. The topological polar surface area (TPSA) is 96.6 Å². The van der Waals surface area contributed by atoms with E-state index in [1.807, 2.05) is 30.3 Å². The smallest absolute Gasteiger partial charge is 0.240 e. The summed E-state index contributed by atoms with van der Waals surface area (Å²) in [6, 6.07) is 15.4. The third kappa shape index (κ3) is 6.63. The van der Waals surface area contributed by atoms with Crippen LogP contribution in [0.1, 0.15) is 0 Å². The van der Waals surface area contributed by atoms with E-state index in [4.69, 9.17) is 17.3 Å². The summed E-state index contributed by atoms with van der Waals surface area (Å²) in [5, 5.41) is 3.27. The second-order valence-electron chi connectivity index (χ2n) is 4.61. The van der Waals surface area contributed by atoms with Crippen LogP contribution in [0.4, 0.5) is 5.69 Å². The van der Waals surface area contributed by atoms with Crippen LogP contribution in [-0.4, -0.2) is 27.5 Å². The molecule has 0 atom stereocenters. The second-order valence-corrected chi connectivity index (χ2v) is 6.82. The fraction of sp³-hybridized carbons (Fsp3) is 0.133. The summed E-state index contributed by atoms with van der Waals surface area (Å²) in [5.74, 6) is 0.221. The van der Waals surface area contributed by atoms with Crippen LogP contribution in [-0.2, 0) is 10.0 Å². The minimum Gasteiger partial charge on any atom is -0.370 e. The number of guanidine groups is 1. The molecule has 130 valence electrons. The van der Waals surface area contributed by atoms with E-state index in [0.717, 1.165) is 5.69 Å². The third-order valence-electron chi connectivity index (χ3n) is 2.84. The van der Waals surface area contributed by atoms with Gasteiger partial charge in [-0.2, -0.15) is 0 Å². The van der Waals surface area contributed by atoms with E-state index in [9.17, 15) is 8.42 Å². The van der Waals surface area contributed by atoms with Gasteiger partial charge >= 0.3 is 0 Å². The Morgan fingerprint density at radius 3 is 2.50 bits per heavy atom. The van der Waals surface area contributed by atoms with E-state index in [-0.39, 0.29) is 47.9 Å². The molecule has 9 heteroatoms. The quantitative estimate of drug-likeness (QED) is 0.256. The molecular weight excluding hydrogens is 463 g/mol. The zero-order valence-corrected chi connectivity index (χ0v) is 16.5. The van der Waals surface area contributed by atoms with Gasteiger partial charge in [0.25, 0.3) is 0 Å². The average molecular weight is 481 g/mol. The van der Waals surface area contributed by atoms with Gasteiger partial charge in [0.05, 0.1) is 11.4 Å². The molecule has 0 amide bonds. The Hall–Kier alpha value is -1.36. The van der Waals surface area contributed by atoms with Crippen molar-refractivity contribution in [2.24, 2.45) is 10.7 Å². The predicted molar refractivity (Wildman–Crippen MR) is 109 cm³/mol. The van der Waals surface area contributed by atoms with Crippen molar-refractivity contribution >= 4 is 57.2 Å². The van der Waals surface area contributed by atoms with Crippen molar-refractivity contribution in [3.8, 4) is 0 Å². The summed E-state index contributed by atoms with van der Waals surface area (Å²) in [4.78, 5) is 4.18. The zero-order valence-electron chi connectivity index (χ0n) is 12.6. The average Bonchev–Trinajstić information content (AvgIpc) is 2.53. The highest BCUT2D eigenvalue weighted by Crippen LogP contribution is 2.14. The molecule has 0 radical (unpaired) electrons. The van der Waals surface area contributed by atoms with E-state index in [1.165, 1.54) is 12.1 Å². The molecule has 0 aliphatic heterocycles. The van der Waals surface area contributed by atoms with Gasteiger partial charge in [-0.15, -0.1) is 24.0 Å². The second kappa shape index (κ2) is 9.82. The molecule has 0 aliphatic rings. The number of hydrogen-bond donors (Lipinski definition) is 3. The molecule has 0 fully saturated rings. The first-order valence-corrected chi connectivity index (χ1v) is 8.71. The van der Waals surface area contributed by atoms with Crippen molar-refractivity contribution in [3.05, 3.63) is 59.6 Å². The first-order valence-electron chi connectivity index (χ1n) is 6.84. The van der Waals surface area contributed by atoms with E-state index in [2.05, 4.69) is 15.0 Å². The highest BCUT2D eigenvalue weighted by molar-refractivity contribution is 14.0. The lowest BCUT2D eigenvalue weighted by atomic mass is 10.3. The summed E-state index contributed by atoms with van der Waals surface area (Å²) in [7, 11) is -3.60. The Morgan fingerprint density at radius 1 is 1.12 bits per heavy atom. The summed E-state index contributed by atoms with van der Waals surface area (Å²) in [5.41, 5.74) is 6.54. The van der Waals surface area contributed by atoms with E-state index in [1.54, 1.807) is 12.1 Å². The molecule has 24 heavy (non-hydrogen) atoms. The van der Waals surface area contributed by atoms with Gasteiger partial charge in [-0.05, 0) is 30.3 Å². The molecule has 2 aromatic carbocycles. The van der Waals surface area contributed by atoms with E-state index < -0.39 is 10.0 Å². The van der Waals surface area contributed by atoms with Crippen LogP contribution in [0.5, 0.6) is 0 Å². The van der Waals surface area contributed by atoms with Gasteiger partial charge < -0.3 is 11.1 Å². The number of sulfonamides is 1. The van der Waals surface area contributed by atoms with Gasteiger partial charge in [-0.1, -0.05) is 35.9 Å². The monoisotopic (exact) mass is 480 g/mol. The Kier molecular flexibility index (Phi) is 8.46. The minimum absolute atomic E-state index is 0. The van der Waals surface area contributed by atoms with Crippen LogP contribution in [0.3, 0.4) is 0 Å². The van der Waals surface area contributed by atoms with Gasteiger partial charge in [-0.3, -0.25) is 4.99 Å². The van der Waals surface area contributed by atoms with Crippen molar-refractivity contribution in [1.82, 2.24) is 4.72 Å². The molecule has 0 unspecified atom stereocenters. The fourth-order valence-electron chi connectivity index (χ4n) is 1.78. The van der Waals surface area contributed by atoms with Crippen molar-refractivity contribution < 1.29 is 8.42 Å². The van der Waals surface area contributed by atoms with Crippen molar-refractivity contribution in [2.75, 3.05) is 18.4 Å². The van der Waals surface area contributed by atoms with Gasteiger partial charge in [-0.25, -0.2) is 13.1 Å². The molecule has 4 N–H and O–H groups in total. The van der Waals surface area contributed by atoms with Gasteiger partial charge in [0.1, 0.15) is 0 Å². The predicted octanol–water partition coefficient (Wildman–Crippen LogP) is 2.66. The first kappa shape index (κ1) is 20.7. The summed E-state index contributed by atoms with van der Waals surface area (Å²) < 4.78 is 26.6. The maximum atomic E-state index is 12.1. The first-order chi connectivity index (χ1) is 11.0. The lowest BCUT2D eigenvalue weighted by molar-refractivity contribution is 0.582. The standard InChI is InChI=1S/C15H17ClN4O2S.HI/c16-12-5-4-8-14(11-12)23(21,22)19-10-9-18-15(17)20-13-6-2-1-3-7-13;/h1-8,11,19H,9-10H2,(H3,17,18,20);1H. The molecule has 0 heterocycles. The van der Waals surface area contributed by atoms with Gasteiger partial charge in [0.15, 0.2) is 5.96 Å². The Morgan fingerprint density at radius 2 is 1.83 bits per heavy atom. The minimum atomic E-state index is -3.60. The Balaban J connectivity index is 0.00000288. The van der Waals surface area contributed by atoms with E-state index in [0.29, 0.717) is 5.02 Å². The summed E-state index contributed by atoms with van der Waals surface area (Å²) in [6.45, 7) is 0.345. The molecule has 0 bridgehead atoms. The molecule has 0 spiro atoms. The highest BCUT2D eigenvalue weighted by Gasteiger charge is 2.13. The van der Waals surface area contributed by atoms with Crippen LogP contribution in [0, 0.1) is 0 Å². The summed E-state index contributed by atoms with van der Waals surface area (Å²) >= 11 is 5.79. The number of nitrogens with two attached hydrogens (primary N) is 1. The maximum absolute atomic E-state index is 12.1. The number of rotatable bonds is 6. The number of hydrogen-bond acceptors (Lipinski definition) is 3. The number of benzene rings is 2. The van der Waals surface area contributed by atoms with Crippen LogP contribution >= 0.6 is 35.6 Å². The largest absolute Gasteiger partial charge is 0.370 e. The Labute approximate surface area is 163 Å². The van der Waals surface area contributed by atoms with Crippen LogP contribution in [0.25, 0.3) is 0 Å². The fourth-order valence-corrected chi connectivity index (χ4v) is 3.10. The normalized spacial score (nSPS) is 11.6. The molecule has 2 rings (SSSR count). The van der Waals surface area contributed by atoms with Gasteiger partial charge in [0, 0.05) is 17.3 Å². The van der Waals surface area contributed by atoms with Crippen LogP contribution < -0.4 is 15.8 Å². The molecule has 0 aromatic heterocycles. The molecule has 0 aliphatic carbocycles. The number of anilines is 1.